The first-order valence-electron chi connectivity index (χ1n) is 9.08. The second-order valence-electron chi connectivity index (χ2n) is 6.93. The molecule has 3 rings (SSSR count). The molecule has 26 heavy (non-hydrogen) atoms. The van der Waals surface area contributed by atoms with E-state index in [1.165, 1.54) is 38.5 Å². The summed E-state index contributed by atoms with van der Waals surface area (Å²) < 4.78 is 19.2. The summed E-state index contributed by atoms with van der Waals surface area (Å²) in [6.45, 7) is 2.06. The van der Waals surface area contributed by atoms with Gasteiger partial charge in [0.25, 0.3) is 5.91 Å². The summed E-state index contributed by atoms with van der Waals surface area (Å²) in [7, 11) is 1.52. The highest BCUT2D eigenvalue weighted by atomic mass is 79.9. The van der Waals surface area contributed by atoms with Crippen molar-refractivity contribution in [2.24, 2.45) is 5.92 Å². The third-order valence-corrected chi connectivity index (χ3v) is 5.84. The molecule has 2 aromatic rings. The highest BCUT2D eigenvalue weighted by molar-refractivity contribution is 9.08. The van der Waals surface area contributed by atoms with Gasteiger partial charge in [0.2, 0.25) is 5.88 Å². The van der Waals surface area contributed by atoms with Gasteiger partial charge in [-0.15, -0.1) is 0 Å². The summed E-state index contributed by atoms with van der Waals surface area (Å²) >= 11 is 3.42. The molecule has 0 saturated heterocycles. The SMILES string of the molecule is COc1nc2ccc(F)cc2c(C(=O)N[C@@H](C)C2CCCCC2)c1CBr. The van der Waals surface area contributed by atoms with E-state index in [9.17, 15) is 9.18 Å². The van der Waals surface area contributed by atoms with Crippen LogP contribution < -0.4 is 10.1 Å². The van der Waals surface area contributed by atoms with Gasteiger partial charge in [0.05, 0.1) is 18.2 Å². The number of hydrogen-bond acceptors (Lipinski definition) is 3. The number of carbonyl (C=O) groups is 1. The molecule has 1 amide bonds. The number of methoxy groups -OCH3 is 1. The van der Waals surface area contributed by atoms with Crippen molar-refractivity contribution in [2.75, 3.05) is 7.11 Å². The second-order valence-corrected chi connectivity index (χ2v) is 7.49. The number of ether oxygens (including phenoxy) is 1. The Morgan fingerprint density at radius 3 is 2.77 bits per heavy atom. The lowest BCUT2D eigenvalue weighted by atomic mass is 9.84. The van der Waals surface area contributed by atoms with E-state index in [1.807, 2.05) is 0 Å². The van der Waals surface area contributed by atoms with E-state index in [0.717, 1.165) is 12.8 Å². The molecular weight excluding hydrogens is 399 g/mol. The molecule has 1 aliphatic carbocycles. The number of hydrogen-bond donors (Lipinski definition) is 1. The molecule has 4 nitrogen and oxygen atoms in total. The van der Waals surface area contributed by atoms with Gasteiger partial charge in [0.1, 0.15) is 5.82 Å². The van der Waals surface area contributed by atoms with E-state index in [0.29, 0.717) is 39.2 Å². The summed E-state index contributed by atoms with van der Waals surface area (Å²) in [6.07, 6.45) is 5.99. The molecule has 1 heterocycles. The first kappa shape index (κ1) is 19.1. The predicted molar refractivity (Wildman–Crippen MR) is 104 cm³/mol. The van der Waals surface area contributed by atoms with Crippen LogP contribution in [0.1, 0.15) is 54.9 Å². The lowest BCUT2D eigenvalue weighted by Crippen LogP contribution is -2.39. The Morgan fingerprint density at radius 2 is 2.12 bits per heavy atom. The molecule has 140 valence electrons. The fourth-order valence-electron chi connectivity index (χ4n) is 3.84. The van der Waals surface area contributed by atoms with Gasteiger partial charge in [-0.05, 0) is 43.9 Å². The molecule has 0 aliphatic heterocycles. The Hall–Kier alpha value is -1.69. The lowest BCUT2D eigenvalue weighted by molar-refractivity contribution is 0.0920. The maximum absolute atomic E-state index is 13.8. The first-order valence-corrected chi connectivity index (χ1v) is 10.2. The zero-order valence-electron chi connectivity index (χ0n) is 15.1. The Bertz CT molecular complexity index is 806. The monoisotopic (exact) mass is 422 g/mol. The van der Waals surface area contributed by atoms with Crippen LogP contribution in [0.5, 0.6) is 5.88 Å². The number of aromatic nitrogens is 1. The van der Waals surface area contributed by atoms with Gasteiger partial charge in [0.15, 0.2) is 0 Å². The standard InChI is InChI=1S/C20H24BrFN2O2/c1-12(13-6-4-3-5-7-13)23-19(25)18-15-10-14(22)8-9-17(15)24-20(26-2)16(18)11-21/h8-10,12-13H,3-7,11H2,1-2H3,(H,23,25)/t12-/m0/s1. The number of pyridine rings is 1. The number of benzene rings is 1. The van der Waals surface area contributed by atoms with Gasteiger partial charge < -0.3 is 10.1 Å². The lowest BCUT2D eigenvalue weighted by Gasteiger charge is -2.28. The molecule has 0 spiro atoms. The van der Waals surface area contributed by atoms with Gasteiger partial charge in [-0.2, -0.15) is 0 Å². The van der Waals surface area contributed by atoms with Crippen LogP contribution in [-0.2, 0) is 5.33 Å². The van der Waals surface area contributed by atoms with Gasteiger partial charge >= 0.3 is 0 Å². The fourth-order valence-corrected chi connectivity index (χ4v) is 4.36. The fraction of sp³-hybridized carbons (Fsp3) is 0.500. The van der Waals surface area contributed by atoms with E-state index < -0.39 is 0 Å². The Labute approximate surface area is 161 Å². The molecule has 0 unspecified atom stereocenters. The van der Waals surface area contributed by atoms with Gasteiger partial charge in [-0.1, -0.05) is 35.2 Å². The van der Waals surface area contributed by atoms with Crippen LogP contribution in [0.25, 0.3) is 10.9 Å². The molecular formula is C20H24BrFN2O2. The van der Waals surface area contributed by atoms with E-state index in [2.05, 4.69) is 33.2 Å². The molecule has 1 aromatic heterocycles. The first-order chi connectivity index (χ1) is 12.5. The zero-order chi connectivity index (χ0) is 18.7. The maximum Gasteiger partial charge on any atom is 0.252 e. The van der Waals surface area contributed by atoms with Crippen LogP contribution in [0.4, 0.5) is 4.39 Å². The van der Waals surface area contributed by atoms with Crippen molar-refractivity contribution in [3.05, 3.63) is 35.1 Å². The van der Waals surface area contributed by atoms with Crippen molar-refractivity contribution in [3.8, 4) is 5.88 Å². The number of amides is 1. The third kappa shape index (κ3) is 3.85. The summed E-state index contributed by atoms with van der Waals surface area (Å²) in [4.78, 5) is 17.6. The maximum atomic E-state index is 13.8. The largest absolute Gasteiger partial charge is 0.481 e. The van der Waals surface area contributed by atoms with Crippen LogP contribution >= 0.6 is 15.9 Å². The highest BCUT2D eigenvalue weighted by Gasteiger charge is 2.25. The summed E-state index contributed by atoms with van der Waals surface area (Å²) in [5.41, 5.74) is 1.62. The number of fused-ring (bicyclic) bond motifs is 1. The third-order valence-electron chi connectivity index (χ3n) is 5.28. The molecule has 0 bridgehead atoms. The molecule has 1 atom stereocenters. The van der Waals surface area contributed by atoms with Crippen molar-refractivity contribution < 1.29 is 13.9 Å². The number of halogens is 2. The van der Waals surface area contributed by atoms with E-state index in [-0.39, 0.29) is 17.8 Å². The van der Waals surface area contributed by atoms with Crippen molar-refractivity contribution in [1.29, 1.82) is 0 Å². The van der Waals surface area contributed by atoms with Crippen LogP contribution in [0.3, 0.4) is 0 Å². The van der Waals surface area contributed by atoms with Crippen LogP contribution in [0, 0.1) is 11.7 Å². The molecule has 1 fully saturated rings. The normalized spacial score (nSPS) is 16.5. The minimum Gasteiger partial charge on any atom is -0.481 e. The van der Waals surface area contributed by atoms with E-state index in [4.69, 9.17) is 4.74 Å². The topological polar surface area (TPSA) is 51.2 Å². The highest BCUT2D eigenvalue weighted by Crippen LogP contribution is 2.31. The Kier molecular flexibility index (Phi) is 6.12. The van der Waals surface area contributed by atoms with E-state index >= 15 is 0 Å². The number of carbonyl (C=O) groups excluding carboxylic acids is 1. The molecule has 6 heteroatoms. The average molecular weight is 423 g/mol. The van der Waals surface area contributed by atoms with Crippen molar-refractivity contribution >= 4 is 32.7 Å². The molecule has 0 radical (unpaired) electrons. The number of nitrogens with zero attached hydrogens (tertiary/aromatic N) is 1. The van der Waals surface area contributed by atoms with Crippen molar-refractivity contribution in [2.45, 2.75) is 50.4 Å². The molecule has 1 aliphatic rings. The van der Waals surface area contributed by atoms with Crippen molar-refractivity contribution in [1.82, 2.24) is 10.3 Å². The van der Waals surface area contributed by atoms with Crippen LogP contribution in [0.2, 0.25) is 0 Å². The smallest absolute Gasteiger partial charge is 0.252 e. The Morgan fingerprint density at radius 1 is 1.38 bits per heavy atom. The zero-order valence-corrected chi connectivity index (χ0v) is 16.7. The number of nitrogens with one attached hydrogen (secondary N) is 1. The predicted octanol–water partition coefficient (Wildman–Crippen LogP) is 4.98. The average Bonchev–Trinajstić information content (AvgIpc) is 2.66. The van der Waals surface area contributed by atoms with Crippen LogP contribution in [-0.4, -0.2) is 24.0 Å². The minimum absolute atomic E-state index is 0.0775. The van der Waals surface area contributed by atoms with Gasteiger partial charge in [-0.25, -0.2) is 9.37 Å². The quantitative estimate of drug-likeness (QED) is 0.691. The van der Waals surface area contributed by atoms with Crippen molar-refractivity contribution in [3.63, 3.8) is 0 Å². The van der Waals surface area contributed by atoms with E-state index in [1.54, 1.807) is 6.07 Å². The molecule has 1 aromatic carbocycles. The number of rotatable bonds is 5. The van der Waals surface area contributed by atoms with Gasteiger partial charge in [-0.3, -0.25) is 4.79 Å². The second kappa shape index (κ2) is 8.33. The summed E-state index contributed by atoms with van der Waals surface area (Å²) in [6, 6.07) is 4.36. The summed E-state index contributed by atoms with van der Waals surface area (Å²) in [5, 5.41) is 4.04. The summed E-state index contributed by atoms with van der Waals surface area (Å²) in [5.74, 6) is 0.288. The van der Waals surface area contributed by atoms with Gasteiger partial charge in [0, 0.05) is 22.3 Å². The minimum atomic E-state index is -0.389. The van der Waals surface area contributed by atoms with Crippen LogP contribution in [0.15, 0.2) is 18.2 Å². The Balaban J connectivity index is 2.00. The molecule has 1 saturated carbocycles. The number of alkyl halides is 1. The molecule has 1 N–H and O–H groups in total.